The maximum Gasteiger partial charge on any atom is 0.398 e. The lowest BCUT2D eigenvalue weighted by Crippen LogP contribution is -2.10. The molecule has 1 aromatic rings. The molecule has 7 heteroatoms. The van der Waals surface area contributed by atoms with Crippen molar-refractivity contribution in [2.75, 3.05) is 5.75 Å². The van der Waals surface area contributed by atoms with Crippen molar-refractivity contribution < 1.29 is 23.1 Å². The number of carboxylic acid groups (broad SMARTS) is 1. The predicted octanol–water partition coefficient (Wildman–Crippen LogP) is 2.43. The van der Waals surface area contributed by atoms with E-state index in [-0.39, 0.29) is 10.6 Å². The average Bonchev–Trinajstić information content (AvgIpc) is 2.14. The van der Waals surface area contributed by atoms with Gasteiger partial charge in [-0.05, 0) is 12.1 Å². The molecule has 0 saturated heterocycles. The van der Waals surface area contributed by atoms with E-state index in [1.54, 1.807) is 0 Å². The van der Waals surface area contributed by atoms with Gasteiger partial charge in [-0.3, -0.25) is 0 Å². The summed E-state index contributed by atoms with van der Waals surface area (Å²) in [6.45, 7) is 0. The molecule has 3 nitrogen and oxygen atoms in total. The van der Waals surface area contributed by atoms with Crippen molar-refractivity contribution in [3.05, 3.63) is 24.0 Å². The van der Waals surface area contributed by atoms with E-state index in [4.69, 9.17) is 5.11 Å². The molecule has 1 N–H and O–H groups in total. The average molecular weight is 237 g/mol. The van der Waals surface area contributed by atoms with Gasteiger partial charge in [0.2, 0.25) is 0 Å². The summed E-state index contributed by atoms with van der Waals surface area (Å²) < 4.78 is 35.5. The van der Waals surface area contributed by atoms with Crippen LogP contribution in [-0.4, -0.2) is 28.0 Å². The summed E-state index contributed by atoms with van der Waals surface area (Å²) in [6, 6.07) is 2.45. The lowest BCUT2D eigenvalue weighted by Gasteiger charge is -2.05. The van der Waals surface area contributed by atoms with Gasteiger partial charge in [0.15, 0.2) is 0 Å². The zero-order chi connectivity index (χ0) is 11.5. The molecule has 0 atom stereocenters. The van der Waals surface area contributed by atoms with E-state index >= 15 is 0 Å². The van der Waals surface area contributed by atoms with Gasteiger partial charge in [-0.1, -0.05) is 0 Å². The highest BCUT2D eigenvalue weighted by Crippen LogP contribution is 2.27. The maximum absolute atomic E-state index is 11.8. The van der Waals surface area contributed by atoms with Crippen molar-refractivity contribution in [2.45, 2.75) is 11.1 Å². The van der Waals surface area contributed by atoms with Crippen LogP contribution in [0.3, 0.4) is 0 Å². The summed E-state index contributed by atoms with van der Waals surface area (Å²) in [5.74, 6) is -2.31. The number of nitrogens with zero attached hydrogens (tertiary/aromatic N) is 1. The number of thioether (sulfide) groups is 1. The maximum atomic E-state index is 11.8. The standard InChI is InChI=1S/C8H6F3NO2S/c9-8(10,11)4-15-5-1-2-12-6(3-5)7(13)14/h1-3H,4H2,(H,13,14). The minimum absolute atomic E-state index is 0.236. The molecule has 82 valence electrons. The lowest BCUT2D eigenvalue weighted by atomic mass is 10.3. The summed E-state index contributed by atoms with van der Waals surface area (Å²) in [6.07, 6.45) is -3.10. The molecule has 0 amide bonds. The highest BCUT2D eigenvalue weighted by molar-refractivity contribution is 7.99. The molecule has 0 radical (unpaired) electrons. The molecule has 1 rings (SSSR count). The van der Waals surface area contributed by atoms with Crippen LogP contribution in [0.4, 0.5) is 13.2 Å². The Hall–Kier alpha value is -1.24. The van der Waals surface area contributed by atoms with Crippen LogP contribution < -0.4 is 0 Å². The number of rotatable bonds is 3. The van der Waals surface area contributed by atoms with Crippen LogP contribution in [0.15, 0.2) is 23.2 Å². The highest BCUT2D eigenvalue weighted by atomic mass is 32.2. The summed E-state index contributed by atoms with van der Waals surface area (Å²) in [7, 11) is 0. The molecular weight excluding hydrogens is 231 g/mol. The van der Waals surface area contributed by atoms with Gasteiger partial charge in [-0.25, -0.2) is 9.78 Å². The van der Waals surface area contributed by atoms with Gasteiger partial charge in [0.1, 0.15) is 5.69 Å². The zero-order valence-electron chi connectivity index (χ0n) is 7.28. The molecule has 0 aromatic carbocycles. The number of aromatic nitrogens is 1. The second-order valence-corrected chi connectivity index (χ2v) is 3.63. The fourth-order valence-corrected chi connectivity index (χ4v) is 1.47. The van der Waals surface area contributed by atoms with Crippen LogP contribution >= 0.6 is 11.8 Å². The first kappa shape index (κ1) is 11.8. The molecule has 0 spiro atoms. The van der Waals surface area contributed by atoms with Gasteiger partial charge in [-0.2, -0.15) is 13.2 Å². The van der Waals surface area contributed by atoms with Gasteiger partial charge in [0.05, 0.1) is 5.75 Å². The van der Waals surface area contributed by atoms with Crippen molar-refractivity contribution in [1.29, 1.82) is 0 Å². The lowest BCUT2D eigenvalue weighted by molar-refractivity contribution is -0.105. The Bertz CT molecular complexity index is 367. The van der Waals surface area contributed by atoms with Crippen LogP contribution in [0.25, 0.3) is 0 Å². The smallest absolute Gasteiger partial charge is 0.398 e. The first-order valence-corrected chi connectivity index (χ1v) is 4.76. The molecule has 0 unspecified atom stereocenters. The van der Waals surface area contributed by atoms with E-state index in [0.717, 1.165) is 6.07 Å². The molecule has 0 aliphatic rings. The van der Waals surface area contributed by atoms with Gasteiger partial charge >= 0.3 is 12.1 Å². The summed E-state index contributed by atoms with van der Waals surface area (Å²) >= 11 is 0.531. The Morgan fingerprint density at radius 3 is 2.73 bits per heavy atom. The van der Waals surface area contributed by atoms with E-state index in [0.29, 0.717) is 11.8 Å². The van der Waals surface area contributed by atoms with Crippen LogP contribution in [0, 0.1) is 0 Å². The second kappa shape index (κ2) is 4.52. The third kappa shape index (κ3) is 4.20. The molecule has 0 fully saturated rings. The third-order valence-corrected chi connectivity index (χ3v) is 2.41. The van der Waals surface area contributed by atoms with Gasteiger partial charge in [-0.15, -0.1) is 11.8 Å². The zero-order valence-corrected chi connectivity index (χ0v) is 8.10. The number of hydrogen-bond acceptors (Lipinski definition) is 3. The first-order chi connectivity index (χ1) is 6.88. The summed E-state index contributed by atoms with van der Waals surface area (Å²) in [5, 5.41) is 8.54. The summed E-state index contributed by atoms with van der Waals surface area (Å²) in [5.41, 5.74) is -0.262. The fraction of sp³-hybridized carbons (Fsp3) is 0.250. The number of halogens is 3. The SMILES string of the molecule is O=C(O)c1cc(SCC(F)(F)F)ccn1. The number of pyridine rings is 1. The molecule has 15 heavy (non-hydrogen) atoms. The fourth-order valence-electron chi connectivity index (χ4n) is 0.783. The Kier molecular flexibility index (Phi) is 3.57. The van der Waals surface area contributed by atoms with Crippen LogP contribution in [-0.2, 0) is 0 Å². The van der Waals surface area contributed by atoms with E-state index < -0.39 is 17.9 Å². The number of alkyl halides is 3. The quantitative estimate of drug-likeness (QED) is 0.820. The second-order valence-electron chi connectivity index (χ2n) is 2.59. The number of aromatic carboxylic acids is 1. The van der Waals surface area contributed by atoms with Crippen LogP contribution in [0.1, 0.15) is 10.5 Å². The van der Waals surface area contributed by atoms with Crippen LogP contribution in [0.2, 0.25) is 0 Å². The minimum atomic E-state index is -4.27. The largest absolute Gasteiger partial charge is 0.477 e. The molecule has 0 saturated carbocycles. The molecule has 0 aliphatic carbocycles. The number of carboxylic acids is 1. The van der Waals surface area contributed by atoms with Crippen LogP contribution in [0.5, 0.6) is 0 Å². The van der Waals surface area contributed by atoms with Gasteiger partial charge < -0.3 is 5.11 Å². The van der Waals surface area contributed by atoms with Crippen molar-refractivity contribution in [3.63, 3.8) is 0 Å². The van der Waals surface area contributed by atoms with E-state index in [2.05, 4.69) is 4.98 Å². The van der Waals surface area contributed by atoms with Crippen molar-refractivity contribution >= 4 is 17.7 Å². The minimum Gasteiger partial charge on any atom is -0.477 e. The molecule has 0 aliphatic heterocycles. The molecule has 1 heterocycles. The topological polar surface area (TPSA) is 50.2 Å². The normalized spacial score (nSPS) is 11.4. The number of carbonyl (C=O) groups is 1. The van der Waals surface area contributed by atoms with Crippen molar-refractivity contribution in [2.24, 2.45) is 0 Å². The van der Waals surface area contributed by atoms with E-state index in [1.165, 1.54) is 12.3 Å². The van der Waals surface area contributed by atoms with E-state index in [1.807, 2.05) is 0 Å². The van der Waals surface area contributed by atoms with Gasteiger partial charge in [0.25, 0.3) is 0 Å². The first-order valence-electron chi connectivity index (χ1n) is 3.77. The molecule has 0 bridgehead atoms. The Labute approximate surface area is 87.3 Å². The molecule has 1 aromatic heterocycles. The van der Waals surface area contributed by atoms with Gasteiger partial charge in [0, 0.05) is 11.1 Å². The third-order valence-electron chi connectivity index (χ3n) is 1.35. The Morgan fingerprint density at radius 2 is 2.20 bits per heavy atom. The molecular formula is C8H6F3NO2S. The van der Waals surface area contributed by atoms with E-state index in [9.17, 15) is 18.0 Å². The van der Waals surface area contributed by atoms with Crippen molar-refractivity contribution in [1.82, 2.24) is 4.98 Å². The number of hydrogen-bond donors (Lipinski definition) is 1. The Morgan fingerprint density at radius 1 is 1.53 bits per heavy atom. The Balaban J connectivity index is 2.70. The predicted molar refractivity (Wildman–Crippen MR) is 48.0 cm³/mol. The monoisotopic (exact) mass is 237 g/mol. The summed E-state index contributed by atoms with van der Waals surface area (Å²) in [4.78, 5) is 14.2. The van der Waals surface area contributed by atoms with Crippen molar-refractivity contribution in [3.8, 4) is 0 Å². The highest BCUT2D eigenvalue weighted by Gasteiger charge is 2.27.